The average Bonchev–Trinajstić information content (AvgIpc) is 2.93. The molecule has 0 radical (unpaired) electrons. The topological polar surface area (TPSA) is 73.1 Å². The number of Topliss-reactive ketones (excluding diaryl/α,β-unsaturated/α-hetero) is 1. The Kier molecular flexibility index (Phi) is 3.89. The van der Waals surface area contributed by atoms with E-state index in [4.69, 9.17) is 4.74 Å². The van der Waals surface area contributed by atoms with Gasteiger partial charge in [-0.3, -0.25) is 9.48 Å². The lowest BCUT2D eigenvalue weighted by Crippen LogP contribution is -2.44. The van der Waals surface area contributed by atoms with Gasteiger partial charge in [-0.1, -0.05) is 0 Å². The van der Waals surface area contributed by atoms with Gasteiger partial charge in [0.2, 0.25) is 0 Å². The second-order valence-electron chi connectivity index (χ2n) is 5.48. The van der Waals surface area contributed by atoms with Gasteiger partial charge in [-0.25, -0.2) is 0 Å². The highest BCUT2D eigenvalue weighted by Crippen LogP contribution is 2.27. The molecule has 1 atom stereocenters. The Hall–Kier alpha value is -2.28. The number of aryl methyl sites for hydroxylation is 1. The first-order valence-corrected chi connectivity index (χ1v) is 7.29. The van der Waals surface area contributed by atoms with E-state index in [-0.39, 0.29) is 11.8 Å². The predicted octanol–water partition coefficient (Wildman–Crippen LogP) is 1.30. The molecule has 1 fully saturated rings. The van der Waals surface area contributed by atoms with Crippen molar-refractivity contribution in [3.63, 3.8) is 0 Å². The molecule has 2 aromatic heterocycles. The molecule has 3 heterocycles. The molecule has 3 rings (SSSR count). The summed E-state index contributed by atoms with van der Waals surface area (Å²) in [5.41, 5.74) is 1.98. The summed E-state index contributed by atoms with van der Waals surface area (Å²) >= 11 is 0. The highest BCUT2D eigenvalue weighted by atomic mass is 16.5. The van der Waals surface area contributed by atoms with Crippen LogP contribution in [0.5, 0.6) is 0 Å². The summed E-state index contributed by atoms with van der Waals surface area (Å²) in [7, 11) is 1.84. The molecule has 0 spiro atoms. The monoisotopic (exact) mass is 301 g/mol. The number of hydrogen-bond acceptors (Lipinski definition) is 6. The number of nitrogens with zero attached hydrogens (tertiary/aromatic N) is 5. The first-order valence-electron chi connectivity index (χ1n) is 7.29. The summed E-state index contributed by atoms with van der Waals surface area (Å²) < 4.78 is 7.19. The number of rotatable bonds is 3. The third-order valence-corrected chi connectivity index (χ3v) is 3.87. The van der Waals surface area contributed by atoms with Gasteiger partial charge in [-0.05, 0) is 19.1 Å². The third kappa shape index (κ3) is 2.59. The SMILES string of the molecule is CC(=O)c1nnc(N2CCOCC2C)cc1-c1ccnn1C. The van der Waals surface area contributed by atoms with Crippen LogP contribution in [0.3, 0.4) is 0 Å². The van der Waals surface area contributed by atoms with E-state index in [0.717, 1.165) is 23.6 Å². The number of morpholine rings is 1. The Labute approximate surface area is 128 Å². The van der Waals surface area contributed by atoms with E-state index in [0.29, 0.717) is 18.9 Å². The van der Waals surface area contributed by atoms with Gasteiger partial charge >= 0.3 is 0 Å². The quantitative estimate of drug-likeness (QED) is 0.796. The highest BCUT2D eigenvalue weighted by molar-refractivity contribution is 5.98. The van der Waals surface area contributed by atoms with Crippen LogP contribution in [0.25, 0.3) is 11.3 Å². The summed E-state index contributed by atoms with van der Waals surface area (Å²) in [6, 6.07) is 4.02. The lowest BCUT2D eigenvalue weighted by molar-refractivity contribution is 0.0982. The number of aromatic nitrogens is 4. The lowest BCUT2D eigenvalue weighted by Gasteiger charge is -2.34. The maximum atomic E-state index is 11.9. The fraction of sp³-hybridized carbons (Fsp3) is 0.467. The summed E-state index contributed by atoms with van der Waals surface area (Å²) in [5.74, 6) is 0.655. The van der Waals surface area contributed by atoms with Gasteiger partial charge in [0.25, 0.3) is 0 Å². The fourth-order valence-electron chi connectivity index (χ4n) is 2.68. The van der Waals surface area contributed by atoms with Crippen LogP contribution in [0.15, 0.2) is 18.3 Å². The smallest absolute Gasteiger partial charge is 0.180 e. The number of ether oxygens (including phenoxy) is 1. The van der Waals surface area contributed by atoms with Crippen molar-refractivity contribution >= 4 is 11.6 Å². The van der Waals surface area contributed by atoms with Gasteiger partial charge in [0.15, 0.2) is 11.6 Å². The predicted molar refractivity (Wildman–Crippen MR) is 81.9 cm³/mol. The Morgan fingerprint density at radius 2 is 2.23 bits per heavy atom. The minimum atomic E-state index is -0.106. The minimum absolute atomic E-state index is 0.106. The first-order chi connectivity index (χ1) is 10.6. The molecular weight excluding hydrogens is 282 g/mol. The summed E-state index contributed by atoms with van der Waals surface area (Å²) in [4.78, 5) is 14.0. The number of ketones is 1. The average molecular weight is 301 g/mol. The van der Waals surface area contributed by atoms with E-state index >= 15 is 0 Å². The van der Waals surface area contributed by atoms with Crippen molar-refractivity contribution in [2.75, 3.05) is 24.7 Å². The van der Waals surface area contributed by atoms with Crippen molar-refractivity contribution in [3.05, 3.63) is 24.0 Å². The summed E-state index contributed by atoms with van der Waals surface area (Å²) in [5, 5.41) is 12.6. The lowest BCUT2D eigenvalue weighted by atomic mass is 10.1. The maximum Gasteiger partial charge on any atom is 0.180 e. The molecule has 2 aromatic rings. The molecule has 1 aliphatic heterocycles. The standard InChI is InChI=1S/C15H19N5O2/c1-10-9-22-7-6-20(10)14-8-12(13-4-5-16-19(13)3)15(11(2)21)18-17-14/h4-5,8,10H,6-7,9H2,1-3H3. The van der Waals surface area contributed by atoms with Gasteiger partial charge in [-0.15, -0.1) is 10.2 Å². The Morgan fingerprint density at radius 1 is 1.41 bits per heavy atom. The number of carbonyl (C=O) groups is 1. The van der Waals surface area contributed by atoms with Gasteiger partial charge in [0.1, 0.15) is 5.69 Å². The first kappa shape index (κ1) is 14.6. The Bertz CT molecular complexity index is 697. The van der Waals surface area contributed by atoms with Gasteiger partial charge in [0.05, 0.1) is 24.9 Å². The number of hydrogen-bond donors (Lipinski definition) is 0. The number of carbonyl (C=O) groups excluding carboxylic acids is 1. The largest absolute Gasteiger partial charge is 0.377 e. The van der Waals surface area contributed by atoms with Gasteiger partial charge in [0, 0.05) is 32.3 Å². The zero-order chi connectivity index (χ0) is 15.7. The van der Waals surface area contributed by atoms with Crippen LogP contribution in [0.4, 0.5) is 5.82 Å². The summed E-state index contributed by atoms with van der Waals surface area (Å²) in [6.45, 7) is 5.68. The highest BCUT2D eigenvalue weighted by Gasteiger charge is 2.23. The van der Waals surface area contributed by atoms with Crippen molar-refractivity contribution in [2.24, 2.45) is 7.05 Å². The molecule has 0 saturated carbocycles. The van der Waals surface area contributed by atoms with Crippen LogP contribution in [0, 0.1) is 0 Å². The van der Waals surface area contributed by atoms with E-state index < -0.39 is 0 Å². The van der Waals surface area contributed by atoms with Crippen LogP contribution in [0.1, 0.15) is 24.3 Å². The molecule has 1 saturated heterocycles. The Morgan fingerprint density at radius 3 is 2.86 bits per heavy atom. The molecule has 7 heteroatoms. The molecule has 0 aromatic carbocycles. The molecule has 0 amide bonds. The molecule has 22 heavy (non-hydrogen) atoms. The second-order valence-corrected chi connectivity index (χ2v) is 5.48. The zero-order valence-electron chi connectivity index (χ0n) is 13.0. The fourth-order valence-corrected chi connectivity index (χ4v) is 2.68. The maximum absolute atomic E-state index is 11.9. The molecule has 0 N–H and O–H groups in total. The van der Waals surface area contributed by atoms with Gasteiger partial charge in [-0.2, -0.15) is 5.10 Å². The van der Waals surface area contributed by atoms with Crippen LogP contribution < -0.4 is 4.90 Å². The van der Waals surface area contributed by atoms with E-state index in [1.54, 1.807) is 10.9 Å². The van der Waals surface area contributed by atoms with Crippen molar-refractivity contribution in [2.45, 2.75) is 19.9 Å². The Balaban J connectivity index is 2.08. The normalized spacial score (nSPS) is 18.5. The van der Waals surface area contributed by atoms with E-state index in [1.165, 1.54) is 6.92 Å². The van der Waals surface area contributed by atoms with Crippen LogP contribution in [-0.4, -0.2) is 51.6 Å². The summed E-state index contributed by atoms with van der Waals surface area (Å²) in [6.07, 6.45) is 1.71. The van der Waals surface area contributed by atoms with Crippen LogP contribution in [-0.2, 0) is 11.8 Å². The minimum Gasteiger partial charge on any atom is -0.377 e. The molecular formula is C15H19N5O2. The van der Waals surface area contributed by atoms with E-state index in [1.807, 2.05) is 19.2 Å². The second kappa shape index (κ2) is 5.84. The van der Waals surface area contributed by atoms with Crippen LogP contribution >= 0.6 is 0 Å². The van der Waals surface area contributed by atoms with Gasteiger partial charge < -0.3 is 9.64 Å². The molecule has 7 nitrogen and oxygen atoms in total. The van der Waals surface area contributed by atoms with E-state index in [2.05, 4.69) is 27.1 Å². The van der Waals surface area contributed by atoms with Crippen LogP contribution in [0.2, 0.25) is 0 Å². The molecule has 1 aliphatic rings. The van der Waals surface area contributed by atoms with Crippen molar-refractivity contribution in [3.8, 4) is 11.3 Å². The zero-order valence-corrected chi connectivity index (χ0v) is 13.0. The molecule has 0 aliphatic carbocycles. The molecule has 116 valence electrons. The molecule has 0 bridgehead atoms. The molecule has 1 unspecified atom stereocenters. The van der Waals surface area contributed by atoms with Crippen molar-refractivity contribution < 1.29 is 9.53 Å². The van der Waals surface area contributed by atoms with Crippen molar-refractivity contribution in [1.29, 1.82) is 0 Å². The third-order valence-electron chi connectivity index (χ3n) is 3.87. The number of anilines is 1. The van der Waals surface area contributed by atoms with Crippen molar-refractivity contribution in [1.82, 2.24) is 20.0 Å². The van der Waals surface area contributed by atoms with E-state index in [9.17, 15) is 4.79 Å².